The molecular weight excluding hydrogens is 751 g/mol. The molecule has 0 atom stereocenters. The number of benzene rings is 5. The van der Waals surface area contributed by atoms with Gasteiger partial charge in [-0.3, -0.25) is 15.0 Å². The summed E-state index contributed by atoms with van der Waals surface area (Å²) in [6.45, 7) is 1.65. The highest BCUT2D eigenvalue weighted by Gasteiger charge is 2.23. The Hall–Kier alpha value is -6.45. The molecule has 1 fully saturated rings. The highest BCUT2D eigenvalue weighted by molar-refractivity contribution is 5.73. The zero-order chi connectivity index (χ0) is 52.0. The van der Waals surface area contributed by atoms with Crippen molar-refractivity contribution in [3.05, 3.63) is 221 Å². The summed E-state index contributed by atoms with van der Waals surface area (Å²) in [5.41, 5.74) is 7.66. The lowest BCUT2D eigenvalue weighted by Crippen LogP contribution is -2.20. The minimum atomic E-state index is -2.73. The van der Waals surface area contributed by atoms with Crippen molar-refractivity contribution in [3.8, 4) is 44.9 Å². The molecule has 0 unspecified atom stereocenters. The van der Waals surface area contributed by atoms with E-state index in [2.05, 4.69) is 27.1 Å². The second-order valence-electron chi connectivity index (χ2n) is 16.9. The van der Waals surface area contributed by atoms with Gasteiger partial charge in [-0.1, -0.05) is 154 Å². The predicted molar refractivity (Wildman–Crippen MR) is 258 cm³/mol. The fourth-order valence-corrected chi connectivity index (χ4v) is 8.49. The van der Waals surface area contributed by atoms with Crippen molar-refractivity contribution >= 4 is 0 Å². The van der Waals surface area contributed by atoms with Crippen molar-refractivity contribution in [1.82, 2.24) is 15.0 Å². The SMILES string of the molecule is [2H]C([2H])([2H])c1cnc(-c2ccc(C(C)(C)Cc3cc(C([2H])([2H])C([2H])([2H])c4ccc(-c5ccccn5)cc4)cc(C([2H])([2H])C([2H])([2H])c4ccc(-c5ccccn5)cc4)c3)cc2)cc1-c1ccc(C2CCCC2)cc1. The van der Waals surface area contributed by atoms with E-state index in [-0.39, 0.29) is 34.2 Å². The first kappa shape index (κ1) is 29.7. The third kappa shape index (κ3) is 9.85. The average molecular weight is 819 g/mol. The maximum absolute atomic E-state index is 9.53. The van der Waals surface area contributed by atoms with Gasteiger partial charge in [0.2, 0.25) is 0 Å². The van der Waals surface area contributed by atoms with E-state index in [1.54, 1.807) is 60.9 Å². The van der Waals surface area contributed by atoms with Gasteiger partial charge in [0.25, 0.3) is 0 Å². The molecular formula is C59H57N3. The van der Waals surface area contributed by atoms with Crippen LogP contribution in [-0.2, 0) is 37.3 Å². The molecule has 8 aromatic rings. The first-order valence-corrected chi connectivity index (χ1v) is 21.5. The molecule has 0 bridgehead atoms. The summed E-state index contributed by atoms with van der Waals surface area (Å²) in [6.07, 6.45) is -0.931. The first-order valence-electron chi connectivity index (χ1n) is 27.0. The number of hydrogen-bond acceptors (Lipinski definition) is 3. The predicted octanol–water partition coefficient (Wildman–Crippen LogP) is 14.6. The molecule has 0 N–H and O–H groups in total. The summed E-state index contributed by atoms with van der Waals surface area (Å²) in [7, 11) is 0. The van der Waals surface area contributed by atoms with Crippen LogP contribution < -0.4 is 0 Å². The quantitative estimate of drug-likeness (QED) is 0.110. The second kappa shape index (κ2) is 18.7. The zero-order valence-corrected chi connectivity index (χ0v) is 35.2. The van der Waals surface area contributed by atoms with Crippen LogP contribution in [0.15, 0.2) is 176 Å². The van der Waals surface area contributed by atoms with Crippen molar-refractivity contribution in [3.63, 3.8) is 0 Å². The number of aromatic nitrogens is 3. The summed E-state index contributed by atoms with van der Waals surface area (Å²) in [4.78, 5) is 13.4. The molecule has 0 amide bonds. The summed E-state index contributed by atoms with van der Waals surface area (Å²) < 4.78 is 100. The second-order valence-corrected chi connectivity index (χ2v) is 16.9. The molecule has 3 heteroatoms. The van der Waals surface area contributed by atoms with E-state index in [0.29, 0.717) is 34.1 Å². The molecule has 308 valence electrons. The average Bonchev–Trinajstić information content (AvgIpc) is 3.94. The Labute approximate surface area is 384 Å². The molecule has 3 aromatic heterocycles. The lowest BCUT2D eigenvalue weighted by molar-refractivity contribution is 0.522. The van der Waals surface area contributed by atoms with Gasteiger partial charge in [0, 0.05) is 50.4 Å². The summed E-state index contributed by atoms with van der Waals surface area (Å²) in [5, 5.41) is 0. The largest absolute Gasteiger partial charge is 0.256 e. The normalized spacial score (nSPS) is 16.8. The van der Waals surface area contributed by atoms with Crippen LogP contribution >= 0.6 is 0 Å². The Balaban J connectivity index is 1.06. The van der Waals surface area contributed by atoms with Gasteiger partial charge >= 0.3 is 0 Å². The fraction of sp³-hybridized carbons (Fsp3) is 0.237. The monoisotopic (exact) mass is 819 g/mol. The molecule has 9 rings (SSSR count). The summed E-state index contributed by atoms with van der Waals surface area (Å²) in [5.74, 6) is 0.530. The van der Waals surface area contributed by atoms with E-state index in [4.69, 9.17) is 4.11 Å². The Morgan fingerprint density at radius 3 is 1.55 bits per heavy atom. The Bertz CT molecular complexity index is 3060. The smallest absolute Gasteiger partial charge is 0.0708 e. The molecule has 0 spiro atoms. The van der Waals surface area contributed by atoms with Gasteiger partial charge in [0.05, 0.1) is 17.1 Å². The van der Waals surface area contributed by atoms with Gasteiger partial charge in [-0.15, -0.1) is 0 Å². The van der Waals surface area contributed by atoms with Crippen LogP contribution in [0.25, 0.3) is 44.9 Å². The van der Waals surface area contributed by atoms with Gasteiger partial charge in [-0.2, -0.15) is 0 Å². The lowest BCUT2D eigenvalue weighted by atomic mass is 9.78. The molecule has 0 aliphatic heterocycles. The maximum Gasteiger partial charge on any atom is 0.0708 e. The number of nitrogens with zero attached hydrogens (tertiary/aromatic N) is 3. The van der Waals surface area contributed by atoms with Crippen molar-refractivity contribution < 1.29 is 15.1 Å². The summed E-state index contributed by atoms with van der Waals surface area (Å²) >= 11 is 0. The molecule has 1 aliphatic rings. The highest BCUT2D eigenvalue weighted by atomic mass is 14.7. The van der Waals surface area contributed by atoms with E-state index < -0.39 is 37.8 Å². The van der Waals surface area contributed by atoms with Gasteiger partial charge in [-0.25, -0.2) is 0 Å². The molecule has 5 aromatic carbocycles. The van der Waals surface area contributed by atoms with Crippen LogP contribution in [-0.4, -0.2) is 15.0 Å². The van der Waals surface area contributed by atoms with Crippen LogP contribution in [0.5, 0.6) is 0 Å². The lowest BCUT2D eigenvalue weighted by Gasteiger charge is -2.26. The van der Waals surface area contributed by atoms with E-state index in [1.165, 1.54) is 67.8 Å². The molecule has 1 saturated carbocycles. The van der Waals surface area contributed by atoms with E-state index in [0.717, 1.165) is 27.8 Å². The maximum atomic E-state index is 9.53. The molecule has 3 nitrogen and oxygen atoms in total. The summed E-state index contributed by atoms with van der Waals surface area (Å²) in [6, 6.07) is 46.2. The number of rotatable bonds is 14. The van der Waals surface area contributed by atoms with Crippen LogP contribution in [0, 0.1) is 6.85 Å². The highest BCUT2D eigenvalue weighted by Crippen LogP contribution is 2.36. The van der Waals surface area contributed by atoms with E-state index in [1.807, 2.05) is 80.6 Å². The number of pyridine rings is 3. The van der Waals surface area contributed by atoms with Gasteiger partial charge < -0.3 is 0 Å². The van der Waals surface area contributed by atoms with Crippen LogP contribution in [0.1, 0.15) is 105 Å². The van der Waals surface area contributed by atoms with Gasteiger partial charge in [0.15, 0.2) is 0 Å². The van der Waals surface area contributed by atoms with Crippen molar-refractivity contribution in [1.29, 1.82) is 0 Å². The Kier molecular flexibility index (Phi) is 8.95. The van der Waals surface area contributed by atoms with E-state index >= 15 is 0 Å². The molecule has 1 aliphatic carbocycles. The minimum absolute atomic E-state index is 0.0720. The third-order valence-electron chi connectivity index (χ3n) is 11.9. The zero-order valence-electron chi connectivity index (χ0n) is 46.2. The van der Waals surface area contributed by atoms with E-state index in [9.17, 15) is 11.0 Å². The number of aryl methyl sites for hydroxylation is 5. The minimum Gasteiger partial charge on any atom is -0.256 e. The van der Waals surface area contributed by atoms with Crippen molar-refractivity contribution in [2.45, 2.75) is 89.6 Å². The number of hydrogen-bond donors (Lipinski definition) is 0. The molecule has 0 saturated heterocycles. The third-order valence-corrected chi connectivity index (χ3v) is 11.9. The standard InChI is InChI=1S/C59H57N3/c1-42-41-62-58(39-55(42)50-28-26-49(27-29-50)48-10-4-5-11-48)53-30-32-54(33-31-53)59(2,3)40-47-37-45(16-14-43-18-22-51(23-19-43)56-12-6-8-34-60-56)36-46(38-47)17-15-44-20-24-52(25-21-44)57-13-7-9-35-61-57/h6-9,12-13,18-39,41,48H,4-5,10-11,14-17,40H2,1-3H3/i1D3,14D2,15D2,16D2,17D2. The molecule has 62 heavy (non-hydrogen) atoms. The Morgan fingerprint density at radius 1 is 0.516 bits per heavy atom. The topological polar surface area (TPSA) is 38.7 Å². The van der Waals surface area contributed by atoms with Gasteiger partial charge in [-0.05, 0) is 149 Å². The van der Waals surface area contributed by atoms with Crippen LogP contribution in [0.4, 0.5) is 0 Å². The molecule has 0 radical (unpaired) electrons. The fourth-order valence-electron chi connectivity index (χ4n) is 8.49. The van der Waals surface area contributed by atoms with Crippen LogP contribution in [0.3, 0.4) is 0 Å². The first-order chi connectivity index (χ1) is 34.6. The van der Waals surface area contributed by atoms with Crippen molar-refractivity contribution in [2.75, 3.05) is 0 Å². The molecule has 3 heterocycles. The van der Waals surface area contributed by atoms with Crippen molar-refractivity contribution in [2.24, 2.45) is 0 Å². The van der Waals surface area contributed by atoms with Gasteiger partial charge in [0.1, 0.15) is 0 Å². The van der Waals surface area contributed by atoms with Crippen LogP contribution in [0.2, 0.25) is 0 Å². The Morgan fingerprint density at radius 2 is 1.02 bits per heavy atom.